The maximum absolute atomic E-state index is 12.5. The molecule has 0 N–H and O–H groups in total. The number of methoxy groups -OCH3 is 1. The van der Waals surface area contributed by atoms with Gasteiger partial charge in [-0.05, 0) is 24.3 Å². The standard InChI is InChI=1S/C16H13BrN2O2/c1-21-15-5-3-2-4-11(15)9-19-10-18-14-7-6-12(17)8-13(14)16(19)20/h2-8,10H,9H2,1H3. The Morgan fingerprint density at radius 2 is 2.05 bits per heavy atom. The van der Waals surface area contributed by atoms with Gasteiger partial charge in [0, 0.05) is 10.0 Å². The summed E-state index contributed by atoms with van der Waals surface area (Å²) in [4.78, 5) is 16.9. The summed E-state index contributed by atoms with van der Waals surface area (Å²) in [5.41, 5.74) is 1.57. The Balaban J connectivity index is 2.09. The number of hydrogen-bond donors (Lipinski definition) is 0. The third kappa shape index (κ3) is 2.69. The third-order valence-electron chi connectivity index (χ3n) is 3.32. The van der Waals surface area contributed by atoms with Gasteiger partial charge in [0.25, 0.3) is 5.56 Å². The first kappa shape index (κ1) is 13.8. The van der Waals surface area contributed by atoms with E-state index in [1.807, 2.05) is 36.4 Å². The van der Waals surface area contributed by atoms with Gasteiger partial charge in [0.15, 0.2) is 0 Å². The van der Waals surface area contributed by atoms with Crippen LogP contribution in [0.2, 0.25) is 0 Å². The number of benzene rings is 2. The lowest BCUT2D eigenvalue weighted by Crippen LogP contribution is -2.21. The summed E-state index contributed by atoms with van der Waals surface area (Å²) >= 11 is 3.38. The molecule has 0 amide bonds. The Hall–Kier alpha value is -2.14. The van der Waals surface area contributed by atoms with E-state index in [1.54, 1.807) is 24.1 Å². The average molecular weight is 345 g/mol. The number of hydrogen-bond acceptors (Lipinski definition) is 3. The highest BCUT2D eigenvalue weighted by atomic mass is 79.9. The topological polar surface area (TPSA) is 44.1 Å². The van der Waals surface area contributed by atoms with Gasteiger partial charge in [0.05, 0.1) is 30.9 Å². The van der Waals surface area contributed by atoms with Crippen LogP contribution in [0.3, 0.4) is 0 Å². The van der Waals surface area contributed by atoms with Crippen LogP contribution in [0.1, 0.15) is 5.56 Å². The van der Waals surface area contributed by atoms with Crippen molar-refractivity contribution >= 4 is 26.8 Å². The third-order valence-corrected chi connectivity index (χ3v) is 3.81. The minimum Gasteiger partial charge on any atom is -0.496 e. The quantitative estimate of drug-likeness (QED) is 0.732. The molecule has 0 spiro atoms. The summed E-state index contributed by atoms with van der Waals surface area (Å²) in [6, 6.07) is 13.1. The summed E-state index contributed by atoms with van der Waals surface area (Å²) in [7, 11) is 1.62. The zero-order valence-electron chi connectivity index (χ0n) is 11.4. The predicted molar refractivity (Wildman–Crippen MR) is 85.8 cm³/mol. The number of nitrogens with zero attached hydrogens (tertiary/aromatic N) is 2. The minimum absolute atomic E-state index is 0.0628. The number of halogens is 1. The summed E-state index contributed by atoms with van der Waals surface area (Å²) in [6.45, 7) is 0.429. The maximum Gasteiger partial charge on any atom is 0.261 e. The second-order valence-electron chi connectivity index (χ2n) is 4.65. The molecule has 0 atom stereocenters. The maximum atomic E-state index is 12.5. The molecule has 2 aromatic carbocycles. The fourth-order valence-corrected chi connectivity index (χ4v) is 2.62. The second-order valence-corrected chi connectivity index (χ2v) is 5.57. The highest BCUT2D eigenvalue weighted by Gasteiger charge is 2.07. The van der Waals surface area contributed by atoms with E-state index in [1.165, 1.54) is 0 Å². The molecule has 3 aromatic rings. The van der Waals surface area contributed by atoms with Crippen molar-refractivity contribution in [3.63, 3.8) is 0 Å². The van der Waals surface area contributed by atoms with Gasteiger partial charge in [-0.3, -0.25) is 9.36 Å². The number of rotatable bonds is 3. The number of ether oxygens (including phenoxy) is 1. The SMILES string of the molecule is COc1ccccc1Cn1cnc2ccc(Br)cc2c1=O. The van der Waals surface area contributed by atoms with Crippen molar-refractivity contribution in [2.45, 2.75) is 6.54 Å². The first-order chi connectivity index (χ1) is 10.2. The van der Waals surface area contributed by atoms with Gasteiger partial charge >= 0.3 is 0 Å². The summed E-state index contributed by atoms with van der Waals surface area (Å²) < 4.78 is 7.78. The van der Waals surface area contributed by atoms with Gasteiger partial charge in [-0.25, -0.2) is 4.98 Å². The van der Waals surface area contributed by atoms with E-state index in [2.05, 4.69) is 20.9 Å². The molecule has 0 bridgehead atoms. The van der Waals surface area contributed by atoms with Gasteiger partial charge in [0.2, 0.25) is 0 Å². The van der Waals surface area contributed by atoms with E-state index in [9.17, 15) is 4.79 Å². The molecule has 0 aliphatic heterocycles. The van der Waals surface area contributed by atoms with E-state index in [0.29, 0.717) is 17.4 Å². The van der Waals surface area contributed by atoms with Gasteiger partial charge < -0.3 is 4.74 Å². The van der Waals surface area contributed by atoms with Crippen LogP contribution in [-0.4, -0.2) is 16.7 Å². The van der Waals surface area contributed by atoms with E-state index in [0.717, 1.165) is 15.8 Å². The van der Waals surface area contributed by atoms with Crippen LogP contribution in [-0.2, 0) is 6.54 Å². The van der Waals surface area contributed by atoms with Crippen molar-refractivity contribution < 1.29 is 4.74 Å². The van der Waals surface area contributed by atoms with Crippen LogP contribution >= 0.6 is 15.9 Å². The van der Waals surface area contributed by atoms with Crippen LogP contribution in [0.15, 0.2) is 58.1 Å². The first-order valence-corrected chi connectivity index (χ1v) is 7.25. The van der Waals surface area contributed by atoms with E-state index in [4.69, 9.17) is 4.74 Å². The molecule has 0 aliphatic carbocycles. The van der Waals surface area contributed by atoms with Crippen LogP contribution in [0.5, 0.6) is 5.75 Å². The van der Waals surface area contributed by atoms with Crippen molar-refractivity contribution in [1.29, 1.82) is 0 Å². The summed E-state index contributed by atoms with van der Waals surface area (Å²) in [5.74, 6) is 0.763. The van der Waals surface area contributed by atoms with Crippen LogP contribution in [0, 0.1) is 0 Å². The van der Waals surface area contributed by atoms with Crippen LogP contribution in [0.25, 0.3) is 10.9 Å². The van der Waals surface area contributed by atoms with E-state index in [-0.39, 0.29) is 5.56 Å². The van der Waals surface area contributed by atoms with E-state index < -0.39 is 0 Å². The fraction of sp³-hybridized carbons (Fsp3) is 0.125. The molecule has 3 rings (SSSR count). The molecule has 0 radical (unpaired) electrons. The molecule has 4 nitrogen and oxygen atoms in total. The Morgan fingerprint density at radius 1 is 1.24 bits per heavy atom. The monoisotopic (exact) mass is 344 g/mol. The lowest BCUT2D eigenvalue weighted by molar-refractivity contribution is 0.408. The highest BCUT2D eigenvalue weighted by Crippen LogP contribution is 2.19. The number of fused-ring (bicyclic) bond motifs is 1. The molecule has 1 heterocycles. The van der Waals surface area contributed by atoms with E-state index >= 15 is 0 Å². The lowest BCUT2D eigenvalue weighted by Gasteiger charge is -2.10. The Bertz CT molecular complexity index is 858. The van der Waals surface area contributed by atoms with Crippen LogP contribution in [0.4, 0.5) is 0 Å². The molecule has 1 aromatic heterocycles. The normalized spacial score (nSPS) is 10.8. The number of para-hydroxylation sites is 1. The largest absolute Gasteiger partial charge is 0.496 e. The molecular formula is C16H13BrN2O2. The zero-order valence-corrected chi connectivity index (χ0v) is 13.0. The van der Waals surface area contributed by atoms with Crippen molar-refractivity contribution in [3.8, 4) is 5.75 Å². The molecule has 21 heavy (non-hydrogen) atoms. The summed E-state index contributed by atoms with van der Waals surface area (Å²) in [5, 5.41) is 0.599. The van der Waals surface area contributed by atoms with Crippen molar-refractivity contribution in [2.24, 2.45) is 0 Å². The van der Waals surface area contributed by atoms with Gasteiger partial charge in [-0.2, -0.15) is 0 Å². The molecule has 0 saturated heterocycles. The van der Waals surface area contributed by atoms with Crippen LogP contribution < -0.4 is 10.3 Å². The Kier molecular flexibility index (Phi) is 3.75. The van der Waals surface area contributed by atoms with Gasteiger partial charge in [-0.1, -0.05) is 34.1 Å². The van der Waals surface area contributed by atoms with Gasteiger partial charge in [0.1, 0.15) is 5.75 Å². The van der Waals surface area contributed by atoms with Crippen molar-refractivity contribution in [1.82, 2.24) is 9.55 Å². The zero-order chi connectivity index (χ0) is 14.8. The predicted octanol–water partition coefficient (Wildman–Crippen LogP) is 3.22. The van der Waals surface area contributed by atoms with Crippen molar-refractivity contribution in [3.05, 3.63) is 69.2 Å². The summed E-state index contributed by atoms with van der Waals surface area (Å²) in [6.07, 6.45) is 1.57. The highest BCUT2D eigenvalue weighted by molar-refractivity contribution is 9.10. The molecular weight excluding hydrogens is 332 g/mol. The lowest BCUT2D eigenvalue weighted by atomic mass is 10.2. The molecule has 0 aliphatic rings. The minimum atomic E-state index is -0.0628. The molecule has 0 fully saturated rings. The Labute approximate surface area is 130 Å². The first-order valence-electron chi connectivity index (χ1n) is 6.45. The molecule has 0 saturated carbocycles. The average Bonchev–Trinajstić information content (AvgIpc) is 2.51. The van der Waals surface area contributed by atoms with Gasteiger partial charge in [-0.15, -0.1) is 0 Å². The van der Waals surface area contributed by atoms with Crippen molar-refractivity contribution in [2.75, 3.05) is 7.11 Å². The molecule has 0 unspecified atom stereocenters. The Morgan fingerprint density at radius 3 is 2.86 bits per heavy atom. The number of aromatic nitrogens is 2. The second kappa shape index (κ2) is 5.69. The fourth-order valence-electron chi connectivity index (χ4n) is 2.26. The smallest absolute Gasteiger partial charge is 0.261 e. The molecule has 5 heteroatoms. The molecule has 106 valence electrons.